The second kappa shape index (κ2) is 42.0. The molecular weight excluding hydrogens is 751 g/mol. The SMILES string of the molecule is CC/C=C\C/C=C\C/C=C\C/C=C\C/C=C\CCCCCC(=O)OC(COCCC(C(=O)O)[N+](C)(C)C)COC(=O)CCCCCCCCC/C=C\C/C=C\C/C=C\CC. The van der Waals surface area contributed by atoms with Gasteiger partial charge in [0, 0.05) is 19.3 Å². The van der Waals surface area contributed by atoms with Crippen molar-refractivity contribution in [1.82, 2.24) is 0 Å². The Morgan fingerprint density at radius 1 is 0.500 bits per heavy atom. The van der Waals surface area contributed by atoms with Gasteiger partial charge in [0.15, 0.2) is 12.1 Å². The number of esters is 2. The van der Waals surface area contributed by atoms with Gasteiger partial charge < -0.3 is 23.8 Å². The van der Waals surface area contributed by atoms with Crippen molar-refractivity contribution in [1.29, 1.82) is 0 Å². The monoisotopic (exact) mass is 837 g/mol. The highest BCUT2D eigenvalue weighted by atomic mass is 16.6. The predicted octanol–water partition coefficient (Wildman–Crippen LogP) is 13.1. The van der Waals surface area contributed by atoms with Crippen LogP contribution in [0.3, 0.4) is 0 Å². The van der Waals surface area contributed by atoms with Crippen LogP contribution in [0.1, 0.15) is 162 Å². The first-order valence-corrected chi connectivity index (χ1v) is 23.3. The molecule has 0 fully saturated rings. The lowest BCUT2D eigenvalue weighted by atomic mass is 10.1. The molecule has 0 amide bonds. The van der Waals surface area contributed by atoms with Crippen LogP contribution in [0.4, 0.5) is 0 Å². The number of rotatable bonds is 40. The van der Waals surface area contributed by atoms with Crippen LogP contribution < -0.4 is 0 Å². The molecule has 0 aliphatic rings. The van der Waals surface area contributed by atoms with Gasteiger partial charge in [-0.05, 0) is 89.9 Å². The molecule has 1 N–H and O–H groups in total. The maximum absolute atomic E-state index is 12.8. The largest absolute Gasteiger partial charge is 0.477 e. The predicted molar refractivity (Wildman–Crippen MR) is 252 cm³/mol. The number of likely N-dealkylation sites (N-methyl/N-ethyl adjacent to an activating group) is 1. The molecule has 0 radical (unpaired) electrons. The van der Waals surface area contributed by atoms with Crippen LogP contribution in [0.2, 0.25) is 0 Å². The van der Waals surface area contributed by atoms with Crippen LogP contribution in [0.5, 0.6) is 0 Å². The summed E-state index contributed by atoms with van der Waals surface area (Å²) in [6.45, 7) is 4.45. The molecule has 340 valence electrons. The quantitative estimate of drug-likeness (QED) is 0.0284. The van der Waals surface area contributed by atoms with Gasteiger partial charge in [0.25, 0.3) is 0 Å². The molecule has 0 bridgehead atoms. The summed E-state index contributed by atoms with van der Waals surface area (Å²) in [6.07, 6.45) is 55.9. The molecule has 0 aromatic rings. The first kappa shape index (κ1) is 56.2. The normalized spacial score (nSPS) is 13.8. The minimum Gasteiger partial charge on any atom is -0.477 e. The number of quaternary nitrogens is 1. The van der Waals surface area contributed by atoms with E-state index < -0.39 is 18.1 Å². The topological polar surface area (TPSA) is 99.1 Å². The molecule has 0 saturated carbocycles. The highest BCUT2D eigenvalue weighted by Gasteiger charge is 2.31. The summed E-state index contributed by atoms with van der Waals surface area (Å²) in [7, 11) is 5.50. The van der Waals surface area contributed by atoms with E-state index in [9.17, 15) is 19.5 Å². The molecule has 60 heavy (non-hydrogen) atoms. The van der Waals surface area contributed by atoms with E-state index in [1.807, 2.05) is 21.1 Å². The van der Waals surface area contributed by atoms with Gasteiger partial charge in [-0.1, -0.05) is 150 Å². The lowest BCUT2D eigenvalue weighted by Crippen LogP contribution is -2.50. The molecule has 2 unspecified atom stereocenters. The van der Waals surface area contributed by atoms with Gasteiger partial charge in [-0.25, -0.2) is 4.79 Å². The zero-order chi connectivity index (χ0) is 44.2. The second-order valence-electron chi connectivity index (χ2n) is 16.2. The minimum atomic E-state index is -0.886. The average molecular weight is 837 g/mol. The van der Waals surface area contributed by atoms with Gasteiger partial charge in [0.1, 0.15) is 6.61 Å². The molecule has 8 heteroatoms. The Labute approximate surface area is 366 Å². The van der Waals surface area contributed by atoms with E-state index in [-0.39, 0.29) is 42.7 Å². The van der Waals surface area contributed by atoms with Gasteiger partial charge in [-0.3, -0.25) is 9.59 Å². The Bertz CT molecular complexity index is 1300. The maximum atomic E-state index is 12.8. The van der Waals surface area contributed by atoms with E-state index >= 15 is 0 Å². The smallest absolute Gasteiger partial charge is 0.362 e. The average Bonchev–Trinajstić information content (AvgIpc) is 3.21. The Morgan fingerprint density at radius 3 is 1.32 bits per heavy atom. The van der Waals surface area contributed by atoms with E-state index in [1.165, 1.54) is 25.7 Å². The highest BCUT2D eigenvalue weighted by Crippen LogP contribution is 2.13. The van der Waals surface area contributed by atoms with E-state index in [1.54, 1.807) is 0 Å². The number of unbranched alkanes of at least 4 members (excludes halogenated alkanes) is 10. The van der Waals surface area contributed by atoms with Crippen molar-refractivity contribution < 1.29 is 38.2 Å². The van der Waals surface area contributed by atoms with Crippen molar-refractivity contribution in [2.24, 2.45) is 0 Å². The van der Waals surface area contributed by atoms with Gasteiger partial charge in [0.05, 0.1) is 34.4 Å². The molecule has 0 aliphatic heterocycles. The minimum absolute atomic E-state index is 0.0380. The lowest BCUT2D eigenvalue weighted by molar-refractivity contribution is -0.887. The van der Waals surface area contributed by atoms with Gasteiger partial charge >= 0.3 is 17.9 Å². The van der Waals surface area contributed by atoms with E-state index in [4.69, 9.17) is 14.2 Å². The summed E-state index contributed by atoms with van der Waals surface area (Å²) in [5, 5.41) is 9.63. The molecule has 0 spiro atoms. The molecular formula is C52H86NO7+. The van der Waals surface area contributed by atoms with Crippen LogP contribution in [-0.2, 0) is 28.6 Å². The molecule has 0 saturated heterocycles. The standard InChI is InChI=1S/C52H85NO7/c1-6-8-10-12-14-16-18-20-22-24-25-27-29-31-33-35-37-39-41-43-51(55)60-48(46-58-45-44-49(52(56)57)53(3,4)5)47-59-50(54)42-40-38-36-34-32-30-28-26-23-21-19-17-15-13-11-9-7-2/h8-11,14-17,20-23,25,27,31,33,48-49H,6-7,12-13,18-19,24,26,28-30,32,34-47H2,1-5H3/p+1/b10-8-,11-9-,16-14-,17-15-,22-20-,23-21-,27-25-,33-31-. The third-order valence-electron chi connectivity index (χ3n) is 9.73. The summed E-state index contributed by atoms with van der Waals surface area (Å²) in [5.74, 6) is -1.53. The van der Waals surface area contributed by atoms with Crippen LogP contribution >= 0.6 is 0 Å². The number of carbonyl (C=O) groups excluding carboxylic acids is 2. The molecule has 2 atom stereocenters. The number of aliphatic carboxylic acids is 1. The van der Waals surface area contributed by atoms with E-state index in [0.717, 1.165) is 96.3 Å². The molecule has 0 aliphatic carbocycles. The maximum Gasteiger partial charge on any atom is 0.362 e. The molecule has 8 nitrogen and oxygen atoms in total. The van der Waals surface area contributed by atoms with Crippen molar-refractivity contribution in [3.8, 4) is 0 Å². The third kappa shape index (κ3) is 39.7. The summed E-state index contributed by atoms with van der Waals surface area (Å²) < 4.78 is 17.3. The van der Waals surface area contributed by atoms with Gasteiger partial charge in [-0.15, -0.1) is 0 Å². The number of ether oxygens (including phenoxy) is 3. The van der Waals surface area contributed by atoms with Crippen molar-refractivity contribution in [2.45, 2.75) is 174 Å². The van der Waals surface area contributed by atoms with Crippen molar-refractivity contribution in [3.05, 3.63) is 97.2 Å². The zero-order valence-electron chi connectivity index (χ0n) is 38.6. The van der Waals surface area contributed by atoms with Crippen molar-refractivity contribution in [2.75, 3.05) is 41.0 Å². The Morgan fingerprint density at radius 2 is 0.883 bits per heavy atom. The molecule has 0 rings (SSSR count). The van der Waals surface area contributed by atoms with Gasteiger partial charge in [0.2, 0.25) is 0 Å². The fourth-order valence-corrected chi connectivity index (χ4v) is 6.19. The second-order valence-corrected chi connectivity index (χ2v) is 16.2. The number of carboxylic acids is 1. The summed E-state index contributed by atoms with van der Waals surface area (Å²) in [5.41, 5.74) is 0. The van der Waals surface area contributed by atoms with Crippen molar-refractivity contribution >= 4 is 17.9 Å². The number of hydrogen-bond donors (Lipinski definition) is 1. The summed E-state index contributed by atoms with van der Waals surface area (Å²) >= 11 is 0. The number of hydrogen-bond acceptors (Lipinski definition) is 6. The molecule has 0 aromatic carbocycles. The van der Waals surface area contributed by atoms with Crippen LogP contribution in [-0.4, -0.2) is 80.6 Å². The van der Waals surface area contributed by atoms with Crippen LogP contribution in [0.25, 0.3) is 0 Å². The number of carbonyl (C=O) groups is 3. The lowest BCUT2D eigenvalue weighted by Gasteiger charge is -2.31. The van der Waals surface area contributed by atoms with E-state index in [2.05, 4.69) is 111 Å². The first-order valence-electron chi connectivity index (χ1n) is 23.3. The van der Waals surface area contributed by atoms with Gasteiger partial charge in [-0.2, -0.15) is 0 Å². The highest BCUT2D eigenvalue weighted by molar-refractivity contribution is 5.72. The van der Waals surface area contributed by atoms with E-state index in [0.29, 0.717) is 19.3 Å². The molecule has 0 aromatic heterocycles. The number of allylic oxidation sites excluding steroid dienone is 16. The Hall–Kier alpha value is -3.75. The fourth-order valence-electron chi connectivity index (χ4n) is 6.19. The third-order valence-corrected chi connectivity index (χ3v) is 9.73. The number of nitrogens with zero attached hydrogens (tertiary/aromatic N) is 1. The zero-order valence-corrected chi connectivity index (χ0v) is 38.6. The molecule has 0 heterocycles. The fraction of sp³-hybridized carbons (Fsp3) is 0.635. The Balaban J connectivity index is 4.42. The number of carboxylic acid groups (broad SMARTS) is 1. The Kier molecular flexibility index (Phi) is 39.3. The first-order chi connectivity index (χ1) is 29.1. The van der Waals surface area contributed by atoms with Crippen LogP contribution in [0.15, 0.2) is 97.2 Å². The van der Waals surface area contributed by atoms with Crippen molar-refractivity contribution in [3.63, 3.8) is 0 Å². The van der Waals surface area contributed by atoms with Crippen LogP contribution in [0, 0.1) is 0 Å². The summed E-state index contributed by atoms with van der Waals surface area (Å²) in [4.78, 5) is 37.1. The summed E-state index contributed by atoms with van der Waals surface area (Å²) in [6, 6.07) is -0.628.